The van der Waals surface area contributed by atoms with Crippen molar-refractivity contribution in [3.63, 3.8) is 0 Å². The molecule has 3 fully saturated rings. The molecule has 4 aliphatic rings. The number of aliphatic hydroxyl groups is 1. The van der Waals surface area contributed by atoms with Crippen LogP contribution in [0.25, 0.3) is 0 Å². The van der Waals surface area contributed by atoms with Crippen molar-refractivity contribution in [2.75, 3.05) is 26.7 Å². The van der Waals surface area contributed by atoms with Crippen molar-refractivity contribution in [1.82, 2.24) is 10.6 Å². The molecule has 0 aromatic heterocycles. The van der Waals surface area contributed by atoms with Crippen molar-refractivity contribution in [1.29, 1.82) is 0 Å². The smallest absolute Gasteiger partial charge is 0.407 e. The first-order valence-electron chi connectivity index (χ1n) is 15.3. The van der Waals surface area contributed by atoms with Crippen LogP contribution in [0, 0.1) is 28.6 Å². The van der Waals surface area contributed by atoms with Gasteiger partial charge in [0.1, 0.15) is 5.60 Å². The summed E-state index contributed by atoms with van der Waals surface area (Å²) in [4.78, 5) is 50.7. The summed E-state index contributed by atoms with van der Waals surface area (Å²) < 4.78 is 34.0. The molecule has 0 aromatic rings. The molecule has 0 heterocycles. The largest absolute Gasteiger partial charge is 0.466 e. The number of alkyl carbamates (subject to hydrolysis) is 1. The van der Waals surface area contributed by atoms with Crippen molar-refractivity contribution >= 4 is 23.8 Å². The Balaban J connectivity index is 1.49. The van der Waals surface area contributed by atoms with Crippen molar-refractivity contribution in [2.45, 2.75) is 96.6 Å². The molecule has 0 radical (unpaired) electrons. The lowest BCUT2D eigenvalue weighted by Crippen LogP contribution is -2.70. The molecular formula is C32H47FN2O8. The molecule has 0 bridgehead atoms. The molecule has 3 N–H and O–H groups in total. The van der Waals surface area contributed by atoms with Crippen LogP contribution in [-0.2, 0) is 28.6 Å². The number of hydrogen-bond donors (Lipinski definition) is 3. The molecule has 4 aliphatic carbocycles. The van der Waals surface area contributed by atoms with Gasteiger partial charge in [-0.15, -0.1) is 0 Å². The molecule has 1 amide bonds. The first-order chi connectivity index (χ1) is 20.0. The standard InChI is InChI=1S/C32H47FN2O8/c1-19-16-23-22-9-8-20-17-21(36)10-12-29(20,5)31(22,33)24(37)18-30(23,6)32(19,26(39)41-7)42-25(38)11-13-34-14-15-35-27(40)43-28(2,3)4/h10,12,17,19,22-24,34,37H,8-9,11,13-16,18H2,1-7H3,(H,35,40)/t19-,22?,23?,24+,29+,30+,31+,32+/m1/s1. The molecule has 2 unspecified atom stereocenters. The summed E-state index contributed by atoms with van der Waals surface area (Å²) in [6.07, 6.45) is 3.57. The van der Waals surface area contributed by atoms with Crippen molar-refractivity contribution in [2.24, 2.45) is 28.6 Å². The Morgan fingerprint density at radius 2 is 1.84 bits per heavy atom. The summed E-state index contributed by atoms with van der Waals surface area (Å²) in [5, 5.41) is 17.3. The number of carbonyl (C=O) groups is 4. The monoisotopic (exact) mass is 606 g/mol. The lowest BCUT2D eigenvalue weighted by molar-refractivity contribution is -0.235. The number of amides is 1. The zero-order valence-corrected chi connectivity index (χ0v) is 26.4. The Bertz CT molecular complexity index is 1210. The average Bonchev–Trinajstić information content (AvgIpc) is 3.12. The highest BCUT2D eigenvalue weighted by atomic mass is 19.1. The maximum Gasteiger partial charge on any atom is 0.407 e. The number of nitrogens with one attached hydrogen (secondary N) is 2. The zero-order chi connectivity index (χ0) is 32.0. The van der Waals surface area contributed by atoms with Gasteiger partial charge in [-0.3, -0.25) is 9.59 Å². The predicted octanol–water partition coefficient (Wildman–Crippen LogP) is 3.56. The molecule has 0 saturated heterocycles. The van der Waals surface area contributed by atoms with Gasteiger partial charge < -0.3 is 30.0 Å². The van der Waals surface area contributed by atoms with Gasteiger partial charge in [0, 0.05) is 42.3 Å². The van der Waals surface area contributed by atoms with Gasteiger partial charge in [-0.25, -0.2) is 14.0 Å². The fourth-order valence-corrected chi connectivity index (χ4v) is 8.49. The van der Waals surface area contributed by atoms with Crippen LogP contribution < -0.4 is 10.6 Å². The van der Waals surface area contributed by atoms with Crippen LogP contribution in [0.5, 0.6) is 0 Å². The van der Waals surface area contributed by atoms with E-state index in [4.69, 9.17) is 14.2 Å². The Morgan fingerprint density at radius 3 is 2.49 bits per heavy atom. The van der Waals surface area contributed by atoms with Crippen LogP contribution in [0.2, 0.25) is 0 Å². The van der Waals surface area contributed by atoms with Crippen LogP contribution >= 0.6 is 0 Å². The minimum absolute atomic E-state index is 0.0528. The zero-order valence-electron chi connectivity index (χ0n) is 26.4. The van der Waals surface area contributed by atoms with Gasteiger partial charge in [-0.1, -0.05) is 25.5 Å². The van der Waals surface area contributed by atoms with Crippen LogP contribution in [0.1, 0.15) is 73.6 Å². The van der Waals surface area contributed by atoms with E-state index < -0.39 is 63.7 Å². The first kappa shape index (κ1) is 33.1. The topological polar surface area (TPSA) is 140 Å². The van der Waals surface area contributed by atoms with E-state index in [1.54, 1.807) is 33.8 Å². The quantitative estimate of drug-likeness (QED) is 0.215. The van der Waals surface area contributed by atoms with E-state index in [9.17, 15) is 24.3 Å². The number of ether oxygens (including phenoxy) is 3. The van der Waals surface area contributed by atoms with Crippen LogP contribution in [0.4, 0.5) is 9.18 Å². The highest BCUT2D eigenvalue weighted by molar-refractivity contribution is 6.01. The van der Waals surface area contributed by atoms with Crippen molar-refractivity contribution in [3.8, 4) is 0 Å². The Hall–Kier alpha value is -2.79. The van der Waals surface area contributed by atoms with Crippen LogP contribution in [0.15, 0.2) is 23.8 Å². The number of methoxy groups -OCH3 is 1. The predicted molar refractivity (Wildman–Crippen MR) is 155 cm³/mol. The van der Waals surface area contributed by atoms with Gasteiger partial charge in [0.2, 0.25) is 5.60 Å². The van der Waals surface area contributed by atoms with Gasteiger partial charge in [0.15, 0.2) is 11.5 Å². The van der Waals surface area contributed by atoms with E-state index in [0.717, 1.165) is 0 Å². The molecule has 3 saturated carbocycles. The second kappa shape index (κ2) is 11.6. The molecular weight excluding hydrogens is 559 g/mol. The number of rotatable bonds is 8. The molecule has 0 spiro atoms. The Labute approximate surface area is 253 Å². The highest BCUT2D eigenvalue weighted by Gasteiger charge is 2.78. The molecule has 10 nitrogen and oxygen atoms in total. The van der Waals surface area contributed by atoms with Crippen molar-refractivity contribution in [3.05, 3.63) is 23.8 Å². The van der Waals surface area contributed by atoms with Crippen molar-refractivity contribution < 1.29 is 42.9 Å². The van der Waals surface area contributed by atoms with E-state index in [-0.39, 0.29) is 37.6 Å². The highest BCUT2D eigenvalue weighted by Crippen LogP contribution is 2.71. The van der Waals surface area contributed by atoms with Gasteiger partial charge >= 0.3 is 18.0 Å². The average molecular weight is 607 g/mol. The van der Waals surface area contributed by atoms with E-state index in [1.807, 2.05) is 13.8 Å². The fraction of sp³-hybridized carbons (Fsp3) is 0.750. The number of ketones is 1. The lowest BCUT2D eigenvalue weighted by atomic mass is 9.44. The van der Waals surface area contributed by atoms with E-state index in [1.165, 1.54) is 19.3 Å². The lowest BCUT2D eigenvalue weighted by Gasteiger charge is -2.62. The second-order valence-corrected chi connectivity index (χ2v) is 14.0. The summed E-state index contributed by atoms with van der Waals surface area (Å²) >= 11 is 0. The minimum atomic E-state index is -2.06. The summed E-state index contributed by atoms with van der Waals surface area (Å²) in [5.74, 6) is -3.03. The van der Waals surface area contributed by atoms with Crippen LogP contribution in [0.3, 0.4) is 0 Å². The SMILES string of the molecule is COC(=O)[C@@]1(OC(=O)CCNCCNC(=O)OC(C)(C)C)[C@H](C)CC2C3CCC4=CC(=O)C=C[C@]4(C)[C@@]3(F)[C@@H](O)C[C@@]21C. The van der Waals surface area contributed by atoms with E-state index in [0.29, 0.717) is 31.4 Å². The number of hydrogen-bond acceptors (Lipinski definition) is 9. The normalized spacial score (nSPS) is 38.3. The Morgan fingerprint density at radius 1 is 1.14 bits per heavy atom. The van der Waals surface area contributed by atoms with Gasteiger partial charge in [0.05, 0.1) is 19.6 Å². The third-order valence-electron chi connectivity index (χ3n) is 10.4. The van der Waals surface area contributed by atoms with E-state index in [2.05, 4.69) is 10.6 Å². The number of allylic oxidation sites excluding steroid dienone is 4. The molecule has 4 rings (SSSR count). The third kappa shape index (κ3) is 5.41. The first-order valence-corrected chi connectivity index (χ1v) is 15.3. The molecule has 0 aromatic carbocycles. The molecule has 0 aliphatic heterocycles. The summed E-state index contributed by atoms with van der Waals surface area (Å²) in [6.45, 7) is 11.6. The number of fused-ring (bicyclic) bond motifs is 5. The van der Waals surface area contributed by atoms with Crippen LogP contribution in [-0.4, -0.2) is 78.6 Å². The number of alkyl halides is 1. The summed E-state index contributed by atoms with van der Waals surface area (Å²) in [6, 6.07) is 0. The second-order valence-electron chi connectivity index (χ2n) is 14.0. The fourth-order valence-electron chi connectivity index (χ4n) is 8.49. The molecule has 8 atom stereocenters. The summed E-state index contributed by atoms with van der Waals surface area (Å²) in [5.41, 5.74) is -5.96. The number of aliphatic hydroxyl groups excluding tert-OH is 1. The third-order valence-corrected chi connectivity index (χ3v) is 10.4. The number of esters is 2. The number of halogens is 1. The summed E-state index contributed by atoms with van der Waals surface area (Å²) in [7, 11) is 1.24. The Kier molecular flexibility index (Phi) is 8.94. The minimum Gasteiger partial charge on any atom is -0.466 e. The van der Waals surface area contributed by atoms with Gasteiger partial charge in [-0.05, 0) is 71.4 Å². The van der Waals surface area contributed by atoms with Gasteiger partial charge in [-0.2, -0.15) is 0 Å². The number of carbonyl (C=O) groups excluding carboxylic acids is 4. The maximum atomic E-state index is 17.5. The molecule has 240 valence electrons. The van der Waals surface area contributed by atoms with Gasteiger partial charge in [0.25, 0.3) is 0 Å². The maximum absolute atomic E-state index is 17.5. The van der Waals surface area contributed by atoms with E-state index >= 15 is 4.39 Å². The molecule has 11 heteroatoms. The molecule has 43 heavy (non-hydrogen) atoms.